The van der Waals surface area contributed by atoms with Crippen molar-refractivity contribution in [2.24, 2.45) is 0 Å². The zero-order valence-corrected chi connectivity index (χ0v) is 10.5. The average Bonchev–Trinajstić information content (AvgIpc) is 2.28. The minimum Gasteiger partial charge on any atom is -0.465 e. The van der Waals surface area contributed by atoms with Gasteiger partial charge in [-0.2, -0.15) is 0 Å². The van der Waals surface area contributed by atoms with Crippen molar-refractivity contribution in [1.29, 1.82) is 0 Å². The van der Waals surface area contributed by atoms with Crippen LogP contribution >= 0.6 is 11.6 Å². The van der Waals surface area contributed by atoms with Crippen LogP contribution in [0.25, 0.3) is 0 Å². The summed E-state index contributed by atoms with van der Waals surface area (Å²) in [4.78, 5) is 26.9. The highest BCUT2D eigenvalue weighted by Gasteiger charge is 2.19. The molecule has 0 amide bonds. The largest absolute Gasteiger partial charge is 0.465 e. The van der Waals surface area contributed by atoms with E-state index in [9.17, 15) is 9.59 Å². The van der Waals surface area contributed by atoms with Crippen LogP contribution in [0.5, 0.6) is 0 Å². The molecule has 0 atom stereocenters. The summed E-state index contributed by atoms with van der Waals surface area (Å²) in [6, 6.07) is 1.33. The first-order chi connectivity index (χ1) is 8.01. The normalized spacial score (nSPS) is 9.88. The van der Waals surface area contributed by atoms with E-state index >= 15 is 0 Å². The number of halogens is 1. The SMILES string of the molecule is CCOC(=O)c1cc(C(=O)OC)c(C)nc1Cl. The molecule has 0 N–H and O–H groups in total. The zero-order chi connectivity index (χ0) is 13.0. The molecule has 0 saturated carbocycles. The number of aryl methyl sites for hydroxylation is 1. The fourth-order valence-electron chi connectivity index (χ4n) is 1.24. The summed E-state index contributed by atoms with van der Waals surface area (Å²) in [5.74, 6) is -1.19. The Morgan fingerprint density at radius 3 is 2.53 bits per heavy atom. The lowest BCUT2D eigenvalue weighted by atomic mass is 10.1. The molecule has 0 radical (unpaired) electrons. The van der Waals surface area contributed by atoms with E-state index in [0.717, 1.165) is 0 Å². The van der Waals surface area contributed by atoms with Gasteiger partial charge < -0.3 is 9.47 Å². The number of rotatable bonds is 3. The molecule has 6 heteroatoms. The van der Waals surface area contributed by atoms with Crippen molar-refractivity contribution >= 4 is 23.5 Å². The number of aromatic nitrogens is 1. The number of pyridine rings is 1. The fourth-order valence-corrected chi connectivity index (χ4v) is 1.50. The van der Waals surface area contributed by atoms with Crippen molar-refractivity contribution in [3.63, 3.8) is 0 Å². The second-order valence-corrected chi connectivity index (χ2v) is 3.53. The summed E-state index contributed by atoms with van der Waals surface area (Å²) >= 11 is 5.82. The molecular formula is C11H12ClNO4. The highest BCUT2D eigenvalue weighted by atomic mass is 35.5. The Morgan fingerprint density at radius 2 is 2.00 bits per heavy atom. The highest BCUT2D eigenvalue weighted by Crippen LogP contribution is 2.19. The summed E-state index contributed by atoms with van der Waals surface area (Å²) < 4.78 is 9.38. The molecule has 0 aliphatic rings. The van der Waals surface area contributed by atoms with Gasteiger partial charge in [0.1, 0.15) is 5.15 Å². The van der Waals surface area contributed by atoms with Gasteiger partial charge in [-0.05, 0) is 19.9 Å². The van der Waals surface area contributed by atoms with Crippen LogP contribution in [0.1, 0.15) is 33.3 Å². The molecule has 0 fully saturated rings. The average molecular weight is 258 g/mol. The maximum Gasteiger partial charge on any atom is 0.341 e. The van der Waals surface area contributed by atoms with Crippen molar-refractivity contribution in [3.05, 3.63) is 28.0 Å². The van der Waals surface area contributed by atoms with Gasteiger partial charge in [0.05, 0.1) is 30.5 Å². The Morgan fingerprint density at radius 1 is 1.35 bits per heavy atom. The third kappa shape index (κ3) is 2.94. The summed E-state index contributed by atoms with van der Waals surface area (Å²) in [5.41, 5.74) is 0.648. The van der Waals surface area contributed by atoms with Crippen LogP contribution in [0.15, 0.2) is 6.07 Å². The predicted molar refractivity (Wildman–Crippen MR) is 61.3 cm³/mol. The van der Waals surface area contributed by atoms with Gasteiger partial charge in [0, 0.05) is 0 Å². The van der Waals surface area contributed by atoms with E-state index < -0.39 is 11.9 Å². The molecule has 0 aliphatic carbocycles. The van der Waals surface area contributed by atoms with Gasteiger partial charge in [-0.15, -0.1) is 0 Å². The Kier molecular flexibility index (Phi) is 4.45. The number of nitrogens with zero attached hydrogens (tertiary/aromatic N) is 1. The van der Waals surface area contributed by atoms with E-state index in [4.69, 9.17) is 16.3 Å². The van der Waals surface area contributed by atoms with Gasteiger partial charge in [0.2, 0.25) is 0 Å². The van der Waals surface area contributed by atoms with E-state index in [-0.39, 0.29) is 22.9 Å². The molecule has 0 aromatic carbocycles. The van der Waals surface area contributed by atoms with E-state index in [2.05, 4.69) is 9.72 Å². The molecule has 1 aromatic rings. The third-order valence-electron chi connectivity index (χ3n) is 2.07. The monoisotopic (exact) mass is 257 g/mol. The molecule has 5 nitrogen and oxygen atoms in total. The number of carbonyl (C=O) groups is 2. The third-order valence-corrected chi connectivity index (χ3v) is 2.36. The summed E-state index contributed by atoms with van der Waals surface area (Å²) in [5, 5.41) is 0.00797. The Hall–Kier alpha value is -1.62. The lowest BCUT2D eigenvalue weighted by molar-refractivity contribution is 0.0526. The maximum absolute atomic E-state index is 11.5. The van der Waals surface area contributed by atoms with Gasteiger partial charge in [-0.1, -0.05) is 11.6 Å². The minimum absolute atomic E-state index is 0.00797. The molecule has 1 aromatic heterocycles. The topological polar surface area (TPSA) is 65.5 Å². The van der Waals surface area contributed by atoms with Crippen molar-refractivity contribution in [2.45, 2.75) is 13.8 Å². The molecule has 0 aliphatic heterocycles. The Balaban J connectivity index is 3.23. The maximum atomic E-state index is 11.5. The molecule has 1 heterocycles. The summed E-state index contributed by atoms with van der Waals surface area (Å²) in [7, 11) is 1.25. The van der Waals surface area contributed by atoms with Gasteiger partial charge in [0.25, 0.3) is 0 Å². The fraction of sp³-hybridized carbons (Fsp3) is 0.364. The zero-order valence-electron chi connectivity index (χ0n) is 9.74. The van der Waals surface area contributed by atoms with Gasteiger partial charge in [0.15, 0.2) is 0 Å². The number of hydrogen-bond acceptors (Lipinski definition) is 5. The Labute approximate surface area is 104 Å². The van der Waals surface area contributed by atoms with E-state index in [1.54, 1.807) is 13.8 Å². The summed E-state index contributed by atoms with van der Waals surface area (Å²) in [6.07, 6.45) is 0. The number of methoxy groups -OCH3 is 1. The van der Waals surface area contributed by atoms with Crippen LogP contribution in [0, 0.1) is 6.92 Å². The lowest BCUT2D eigenvalue weighted by Crippen LogP contribution is -2.12. The number of hydrogen-bond donors (Lipinski definition) is 0. The predicted octanol–water partition coefficient (Wildman–Crippen LogP) is 2.01. The van der Waals surface area contributed by atoms with Crippen molar-refractivity contribution in [3.8, 4) is 0 Å². The van der Waals surface area contributed by atoms with Crippen LogP contribution < -0.4 is 0 Å². The van der Waals surface area contributed by atoms with Crippen LogP contribution in [-0.2, 0) is 9.47 Å². The van der Waals surface area contributed by atoms with Gasteiger partial charge >= 0.3 is 11.9 Å². The van der Waals surface area contributed by atoms with Crippen molar-refractivity contribution in [2.75, 3.05) is 13.7 Å². The second-order valence-electron chi connectivity index (χ2n) is 3.17. The first kappa shape index (κ1) is 13.4. The standard InChI is InChI=1S/C11H12ClNO4/c1-4-17-11(15)8-5-7(10(14)16-3)6(2)13-9(8)12/h5H,4H2,1-3H3. The quantitative estimate of drug-likeness (QED) is 0.612. The van der Waals surface area contributed by atoms with Crippen molar-refractivity contribution < 1.29 is 19.1 Å². The smallest absolute Gasteiger partial charge is 0.341 e. The number of carbonyl (C=O) groups excluding carboxylic acids is 2. The first-order valence-electron chi connectivity index (χ1n) is 4.93. The second kappa shape index (κ2) is 5.63. The molecule has 1 rings (SSSR count). The molecule has 0 bridgehead atoms. The number of ether oxygens (including phenoxy) is 2. The van der Waals surface area contributed by atoms with Gasteiger partial charge in [-0.3, -0.25) is 0 Å². The van der Waals surface area contributed by atoms with Gasteiger partial charge in [-0.25, -0.2) is 14.6 Å². The van der Waals surface area contributed by atoms with Crippen LogP contribution in [0.4, 0.5) is 0 Å². The molecular weight excluding hydrogens is 246 g/mol. The first-order valence-corrected chi connectivity index (χ1v) is 5.31. The van der Waals surface area contributed by atoms with E-state index in [0.29, 0.717) is 5.69 Å². The van der Waals surface area contributed by atoms with Crippen molar-refractivity contribution in [1.82, 2.24) is 4.98 Å². The molecule has 0 spiro atoms. The van der Waals surface area contributed by atoms with Crippen LogP contribution in [-0.4, -0.2) is 30.6 Å². The van der Waals surface area contributed by atoms with Crippen LogP contribution in [0.3, 0.4) is 0 Å². The Bertz CT molecular complexity index is 459. The highest BCUT2D eigenvalue weighted by molar-refractivity contribution is 6.32. The number of esters is 2. The molecule has 0 saturated heterocycles. The molecule has 0 unspecified atom stereocenters. The lowest BCUT2D eigenvalue weighted by Gasteiger charge is -2.08. The summed E-state index contributed by atoms with van der Waals surface area (Å²) in [6.45, 7) is 3.50. The van der Waals surface area contributed by atoms with Crippen LogP contribution in [0.2, 0.25) is 5.15 Å². The molecule has 17 heavy (non-hydrogen) atoms. The van der Waals surface area contributed by atoms with E-state index in [1.165, 1.54) is 13.2 Å². The van der Waals surface area contributed by atoms with E-state index in [1.807, 2.05) is 0 Å². The molecule has 92 valence electrons. The minimum atomic E-state index is -0.616.